The van der Waals surface area contributed by atoms with Crippen LogP contribution in [-0.2, 0) is 20.8 Å². The molecular weight excluding hydrogens is 620 g/mol. The van der Waals surface area contributed by atoms with Gasteiger partial charge in [0.25, 0.3) is 0 Å². The van der Waals surface area contributed by atoms with Gasteiger partial charge in [0.1, 0.15) is 12.7 Å². The summed E-state index contributed by atoms with van der Waals surface area (Å²) in [5.74, 6) is -0.529. The number of halogens is 5. The second kappa shape index (κ2) is 9.29. The topological polar surface area (TPSA) is 55.8 Å². The fourth-order valence-electron chi connectivity index (χ4n) is 1.48. The molecule has 0 aromatic heterocycles. The highest BCUT2D eigenvalue weighted by Gasteiger charge is 2.22. The van der Waals surface area contributed by atoms with E-state index in [2.05, 4.69) is 91.1 Å². The minimum absolute atomic E-state index is 0.0909. The van der Waals surface area contributed by atoms with Gasteiger partial charge in [-0.3, -0.25) is 5.26 Å². The highest BCUT2D eigenvalue weighted by molar-refractivity contribution is 9.15. The molecule has 1 N–H and O–H groups in total. The Balaban J connectivity index is 2.97. The number of esters is 1. The number of hydrogen-bond donors (Lipinski definition) is 1. The van der Waals surface area contributed by atoms with Gasteiger partial charge in [0, 0.05) is 34.4 Å². The van der Waals surface area contributed by atoms with Gasteiger partial charge in [-0.25, -0.2) is 9.68 Å². The number of carbonyl (C=O) groups excluding carboxylic acids is 1. The van der Waals surface area contributed by atoms with Crippen molar-refractivity contribution in [3.63, 3.8) is 0 Å². The molecule has 1 rings (SSSR count). The van der Waals surface area contributed by atoms with Crippen LogP contribution in [0.2, 0.25) is 0 Å². The van der Waals surface area contributed by atoms with Crippen molar-refractivity contribution in [2.24, 2.45) is 0 Å². The van der Waals surface area contributed by atoms with E-state index in [1.807, 2.05) is 0 Å². The van der Waals surface area contributed by atoms with Crippen molar-refractivity contribution < 1.29 is 19.7 Å². The van der Waals surface area contributed by atoms with Gasteiger partial charge in [0.05, 0.1) is 0 Å². The molecule has 0 aliphatic heterocycles. The minimum Gasteiger partial charge on any atom is -0.459 e. The average molecular weight is 631 g/mol. The lowest BCUT2D eigenvalue weighted by Gasteiger charge is -2.18. The number of rotatable bonds is 6. The zero-order chi connectivity index (χ0) is 17.0. The molecule has 0 aliphatic rings. The molecular formula is C13H11Br5O4. The van der Waals surface area contributed by atoms with Gasteiger partial charge in [0.15, 0.2) is 0 Å². The molecule has 0 spiro atoms. The molecule has 4 nitrogen and oxygen atoms in total. The van der Waals surface area contributed by atoms with Crippen LogP contribution >= 0.6 is 79.6 Å². The Morgan fingerprint density at radius 2 is 1.55 bits per heavy atom. The van der Waals surface area contributed by atoms with E-state index < -0.39 is 12.1 Å². The Bertz CT molecular complexity index is 574. The van der Waals surface area contributed by atoms with Crippen LogP contribution in [0.1, 0.15) is 12.5 Å². The van der Waals surface area contributed by atoms with Gasteiger partial charge < -0.3 is 4.74 Å². The summed E-state index contributed by atoms with van der Waals surface area (Å²) >= 11 is 17.4. The van der Waals surface area contributed by atoms with E-state index in [0.717, 1.165) is 27.9 Å². The molecule has 0 aliphatic carbocycles. The molecule has 1 unspecified atom stereocenters. The average Bonchev–Trinajstić information content (AvgIpc) is 2.50. The molecule has 0 amide bonds. The maximum Gasteiger partial charge on any atom is 0.333 e. The van der Waals surface area contributed by atoms with E-state index in [1.165, 1.54) is 0 Å². The Kier molecular flexibility index (Phi) is 8.78. The van der Waals surface area contributed by atoms with Crippen molar-refractivity contribution in [2.75, 3.05) is 6.61 Å². The lowest BCUT2D eigenvalue weighted by Crippen LogP contribution is -2.24. The molecule has 0 heterocycles. The van der Waals surface area contributed by atoms with Crippen molar-refractivity contribution in [1.82, 2.24) is 0 Å². The highest BCUT2D eigenvalue weighted by atomic mass is 79.9. The molecule has 0 saturated heterocycles. The highest BCUT2D eigenvalue weighted by Crippen LogP contribution is 2.44. The number of benzene rings is 1. The van der Waals surface area contributed by atoms with Crippen LogP contribution in [0.3, 0.4) is 0 Å². The molecule has 1 atom stereocenters. The summed E-state index contributed by atoms with van der Waals surface area (Å²) in [7, 11) is 0. The van der Waals surface area contributed by atoms with Crippen LogP contribution in [0.4, 0.5) is 0 Å². The van der Waals surface area contributed by atoms with E-state index >= 15 is 0 Å². The van der Waals surface area contributed by atoms with Crippen molar-refractivity contribution >= 4 is 85.6 Å². The van der Waals surface area contributed by atoms with E-state index in [1.54, 1.807) is 6.92 Å². The minimum atomic E-state index is -0.712. The predicted molar refractivity (Wildman–Crippen MR) is 102 cm³/mol. The summed E-state index contributed by atoms with van der Waals surface area (Å²) in [6.45, 7) is 4.95. The smallest absolute Gasteiger partial charge is 0.333 e. The lowest BCUT2D eigenvalue weighted by molar-refractivity contribution is -0.285. The molecule has 1 aromatic carbocycles. The summed E-state index contributed by atoms with van der Waals surface area (Å²) in [6.07, 6.45) is -0.401. The first-order valence-electron chi connectivity index (χ1n) is 5.83. The number of ether oxygens (including phenoxy) is 1. The summed E-state index contributed by atoms with van der Waals surface area (Å²) < 4.78 is 9.06. The summed E-state index contributed by atoms with van der Waals surface area (Å²) in [5, 5.41) is 9.04. The molecule has 9 heteroatoms. The van der Waals surface area contributed by atoms with Crippen LogP contribution in [0.15, 0.2) is 34.5 Å². The van der Waals surface area contributed by atoms with E-state index in [0.29, 0.717) is 6.42 Å². The van der Waals surface area contributed by atoms with Crippen molar-refractivity contribution in [3.05, 3.63) is 40.1 Å². The molecule has 0 radical (unpaired) electrons. The standard InChI is InChI=1S/C13H11Br5O4/c1-5(2)13(19)21-4-6(22-20)3-7-8(14)10(16)12(18)11(17)9(7)15/h6,20H,1,3-4H2,2H3. The quantitative estimate of drug-likeness (QED) is 0.104. The van der Waals surface area contributed by atoms with Gasteiger partial charge in [-0.15, -0.1) is 0 Å². The van der Waals surface area contributed by atoms with Crippen LogP contribution < -0.4 is 0 Å². The fraction of sp³-hybridized carbons (Fsp3) is 0.308. The first-order chi connectivity index (χ1) is 10.2. The summed E-state index contributed by atoms with van der Waals surface area (Å²) in [5.41, 5.74) is 1.13. The number of carbonyl (C=O) groups is 1. The zero-order valence-corrected chi connectivity index (χ0v) is 19.2. The van der Waals surface area contributed by atoms with Crippen LogP contribution in [-0.4, -0.2) is 23.9 Å². The molecule has 122 valence electrons. The lowest BCUT2D eigenvalue weighted by atomic mass is 10.1. The monoisotopic (exact) mass is 626 g/mol. The molecule has 0 saturated carbocycles. The summed E-state index contributed by atoms with van der Waals surface area (Å²) in [6, 6.07) is 0. The fourth-order valence-corrected chi connectivity index (χ4v) is 4.93. The molecule has 0 fully saturated rings. The van der Waals surface area contributed by atoms with Crippen molar-refractivity contribution in [1.29, 1.82) is 0 Å². The van der Waals surface area contributed by atoms with Gasteiger partial charge in [-0.2, -0.15) is 0 Å². The first kappa shape index (κ1) is 20.8. The van der Waals surface area contributed by atoms with E-state index in [9.17, 15) is 4.79 Å². The molecule has 0 bridgehead atoms. The van der Waals surface area contributed by atoms with Gasteiger partial charge in [-0.05, 0) is 92.1 Å². The SMILES string of the molecule is C=C(C)C(=O)OCC(Cc1c(Br)c(Br)c(Br)c(Br)c1Br)OO. The van der Waals surface area contributed by atoms with Gasteiger partial charge in [0.2, 0.25) is 0 Å². The Morgan fingerprint density at radius 1 is 1.09 bits per heavy atom. The Labute approximate surface area is 170 Å². The van der Waals surface area contributed by atoms with Gasteiger partial charge in [-0.1, -0.05) is 6.58 Å². The van der Waals surface area contributed by atoms with Gasteiger partial charge >= 0.3 is 5.97 Å². The van der Waals surface area contributed by atoms with Crippen molar-refractivity contribution in [2.45, 2.75) is 19.4 Å². The Morgan fingerprint density at radius 3 is 1.95 bits per heavy atom. The molecule has 22 heavy (non-hydrogen) atoms. The van der Waals surface area contributed by atoms with E-state index in [-0.39, 0.29) is 12.2 Å². The third-order valence-electron chi connectivity index (χ3n) is 2.63. The first-order valence-corrected chi connectivity index (χ1v) is 9.80. The third kappa shape index (κ3) is 5.12. The van der Waals surface area contributed by atoms with E-state index in [4.69, 9.17) is 9.99 Å². The third-order valence-corrected chi connectivity index (χ3v) is 8.89. The van der Waals surface area contributed by atoms with Crippen LogP contribution in [0, 0.1) is 0 Å². The normalized spacial score (nSPS) is 12.1. The van der Waals surface area contributed by atoms with Crippen molar-refractivity contribution in [3.8, 4) is 0 Å². The maximum atomic E-state index is 11.4. The zero-order valence-electron chi connectivity index (χ0n) is 11.3. The second-order valence-corrected chi connectivity index (χ2v) is 8.32. The summed E-state index contributed by atoms with van der Waals surface area (Å²) in [4.78, 5) is 15.8. The van der Waals surface area contributed by atoms with Crippen LogP contribution in [0.5, 0.6) is 0 Å². The molecule has 1 aromatic rings. The van der Waals surface area contributed by atoms with Crippen LogP contribution in [0.25, 0.3) is 0 Å². The number of hydrogen-bond acceptors (Lipinski definition) is 4. The predicted octanol–water partition coefficient (Wildman–Crippen LogP) is 6.02. The maximum absolute atomic E-state index is 11.4. The Hall–Kier alpha value is 0.750. The largest absolute Gasteiger partial charge is 0.459 e. The second-order valence-electron chi connectivity index (χ2n) is 4.36.